The second-order valence-corrected chi connectivity index (χ2v) is 9.45. The number of nitrogens with one attached hydrogen (secondary N) is 3. The predicted molar refractivity (Wildman–Crippen MR) is 125 cm³/mol. The molecule has 202 valence electrons. The van der Waals surface area contributed by atoms with Gasteiger partial charge < -0.3 is 15.7 Å². The highest BCUT2D eigenvalue weighted by molar-refractivity contribution is 7.89. The summed E-state index contributed by atoms with van der Waals surface area (Å²) in [5.74, 6) is -1.70. The lowest BCUT2D eigenvalue weighted by molar-refractivity contribution is -0.137. The van der Waals surface area contributed by atoms with Crippen LogP contribution in [-0.2, 0) is 32.3 Å². The first kappa shape index (κ1) is 29.4. The Morgan fingerprint density at radius 3 is 2.11 bits per heavy atom. The third-order valence-electron chi connectivity index (χ3n) is 4.85. The first-order valence-corrected chi connectivity index (χ1v) is 12.2. The van der Waals surface area contributed by atoms with Gasteiger partial charge in [-0.25, -0.2) is 13.1 Å². The summed E-state index contributed by atoms with van der Waals surface area (Å²) in [5.41, 5.74) is -4.55. The van der Waals surface area contributed by atoms with Crippen molar-refractivity contribution in [2.75, 3.05) is 19.6 Å². The normalized spacial score (nSPS) is 12.1. The minimum absolute atomic E-state index is 0.0553. The third kappa shape index (κ3) is 7.85. The molecule has 1 aromatic heterocycles. The molecule has 0 saturated carbocycles. The fraction of sp³-hybridized carbons (Fsp3) is 0.381. The standard InChI is InChI=1S/C21H25F3N6O6S/c1-12-17(21(22,23)24)18(20(34)30(19(12)33)11-10-26-14(3)32)29-28-15-4-6-16(7-5-15)37(35,36)27-9-8-25-13(2)31/h4-7,27,33H,8-11H2,1-3H3,(H,25,31)(H,26,32). The van der Waals surface area contributed by atoms with Crippen LogP contribution in [0.25, 0.3) is 0 Å². The fourth-order valence-corrected chi connectivity index (χ4v) is 4.15. The molecule has 2 amide bonds. The molecule has 2 rings (SSSR count). The molecule has 4 N–H and O–H groups in total. The maximum absolute atomic E-state index is 13.7. The Balaban J connectivity index is 2.38. The summed E-state index contributed by atoms with van der Waals surface area (Å²) >= 11 is 0. The SMILES string of the molecule is CC(=O)NCCNS(=O)(=O)c1ccc(N=Nc2c(C(F)(F)F)c(C)c(O)n(CCNC(C)=O)c2=O)cc1. The van der Waals surface area contributed by atoms with Gasteiger partial charge in [0.2, 0.25) is 21.8 Å². The van der Waals surface area contributed by atoms with Crippen molar-refractivity contribution < 1.29 is 36.3 Å². The van der Waals surface area contributed by atoms with Crippen LogP contribution in [-0.4, -0.2) is 49.5 Å². The fourth-order valence-electron chi connectivity index (χ4n) is 3.12. The number of benzene rings is 1. The van der Waals surface area contributed by atoms with E-state index in [1.165, 1.54) is 26.0 Å². The van der Waals surface area contributed by atoms with Gasteiger partial charge in [0.25, 0.3) is 5.56 Å². The van der Waals surface area contributed by atoms with Gasteiger partial charge in [-0.2, -0.15) is 18.3 Å². The van der Waals surface area contributed by atoms with Crippen LogP contribution in [0, 0.1) is 6.92 Å². The van der Waals surface area contributed by atoms with E-state index in [4.69, 9.17) is 0 Å². The van der Waals surface area contributed by atoms with Crippen LogP contribution in [0.1, 0.15) is 25.0 Å². The van der Waals surface area contributed by atoms with E-state index in [0.29, 0.717) is 4.57 Å². The number of halogens is 3. The van der Waals surface area contributed by atoms with Crippen molar-refractivity contribution in [2.24, 2.45) is 10.2 Å². The number of carbonyl (C=O) groups is 2. The number of alkyl halides is 3. The number of hydrogen-bond donors (Lipinski definition) is 4. The molecule has 0 unspecified atom stereocenters. The molecule has 0 fully saturated rings. The summed E-state index contributed by atoms with van der Waals surface area (Å²) < 4.78 is 68.7. The largest absolute Gasteiger partial charge is 0.494 e. The Morgan fingerprint density at radius 1 is 1.00 bits per heavy atom. The maximum Gasteiger partial charge on any atom is 0.419 e. The number of amides is 2. The molecule has 0 radical (unpaired) electrons. The number of azo groups is 1. The van der Waals surface area contributed by atoms with Gasteiger partial charge in [-0.1, -0.05) is 0 Å². The Labute approximate surface area is 209 Å². The highest BCUT2D eigenvalue weighted by Crippen LogP contribution is 2.40. The smallest absolute Gasteiger partial charge is 0.419 e. The van der Waals surface area contributed by atoms with Crippen LogP contribution < -0.4 is 20.9 Å². The minimum atomic E-state index is -5.05. The number of aromatic hydroxyl groups is 1. The van der Waals surface area contributed by atoms with Gasteiger partial charge in [0.05, 0.1) is 16.1 Å². The Bertz CT molecular complexity index is 1350. The van der Waals surface area contributed by atoms with Gasteiger partial charge >= 0.3 is 6.18 Å². The van der Waals surface area contributed by atoms with Crippen molar-refractivity contribution >= 4 is 33.2 Å². The molecular formula is C21H25F3N6O6S. The van der Waals surface area contributed by atoms with E-state index < -0.39 is 50.4 Å². The maximum atomic E-state index is 13.7. The highest BCUT2D eigenvalue weighted by Gasteiger charge is 2.39. The molecule has 0 saturated heterocycles. The summed E-state index contributed by atoms with van der Waals surface area (Å²) in [6, 6.07) is 4.60. The number of carbonyl (C=O) groups excluding carboxylic acids is 2. The lowest BCUT2D eigenvalue weighted by Crippen LogP contribution is -2.33. The monoisotopic (exact) mass is 546 g/mol. The van der Waals surface area contributed by atoms with Crippen LogP contribution in [0.5, 0.6) is 5.88 Å². The van der Waals surface area contributed by atoms with E-state index in [-0.39, 0.29) is 42.7 Å². The second-order valence-electron chi connectivity index (χ2n) is 7.68. The van der Waals surface area contributed by atoms with Gasteiger partial charge in [-0.15, -0.1) is 5.11 Å². The number of hydrogen-bond acceptors (Lipinski definition) is 8. The van der Waals surface area contributed by atoms with Crippen molar-refractivity contribution in [3.05, 3.63) is 45.7 Å². The van der Waals surface area contributed by atoms with Crippen molar-refractivity contribution in [1.82, 2.24) is 19.9 Å². The molecule has 16 heteroatoms. The first-order valence-electron chi connectivity index (χ1n) is 10.7. The lowest BCUT2D eigenvalue weighted by atomic mass is 10.1. The van der Waals surface area contributed by atoms with Gasteiger partial charge in [0, 0.05) is 45.6 Å². The lowest BCUT2D eigenvalue weighted by Gasteiger charge is -2.17. The van der Waals surface area contributed by atoms with Gasteiger partial charge in [0.1, 0.15) is 0 Å². The summed E-state index contributed by atoms with van der Waals surface area (Å²) in [7, 11) is -3.94. The molecule has 0 spiro atoms. The number of rotatable bonds is 10. The van der Waals surface area contributed by atoms with Crippen LogP contribution in [0.15, 0.2) is 44.2 Å². The second kappa shape index (κ2) is 12.0. The Kier molecular flexibility index (Phi) is 9.52. The topological polar surface area (TPSA) is 171 Å². The molecule has 0 atom stereocenters. The summed E-state index contributed by atoms with van der Waals surface area (Å²) in [4.78, 5) is 34.5. The van der Waals surface area contributed by atoms with Gasteiger partial charge in [-0.05, 0) is 31.2 Å². The van der Waals surface area contributed by atoms with E-state index in [1.807, 2.05) is 0 Å². The molecule has 0 bridgehead atoms. The molecule has 12 nitrogen and oxygen atoms in total. The van der Waals surface area contributed by atoms with Gasteiger partial charge in [-0.3, -0.25) is 19.0 Å². The van der Waals surface area contributed by atoms with Crippen LogP contribution >= 0.6 is 0 Å². The third-order valence-corrected chi connectivity index (χ3v) is 6.32. The van der Waals surface area contributed by atoms with E-state index in [0.717, 1.165) is 19.1 Å². The van der Waals surface area contributed by atoms with Crippen LogP contribution in [0.2, 0.25) is 0 Å². The average molecular weight is 547 g/mol. The van der Waals surface area contributed by atoms with Crippen molar-refractivity contribution in [3.8, 4) is 5.88 Å². The van der Waals surface area contributed by atoms with Crippen molar-refractivity contribution in [3.63, 3.8) is 0 Å². The number of aromatic nitrogens is 1. The molecule has 0 aliphatic rings. The quantitative estimate of drug-likeness (QED) is 0.262. The minimum Gasteiger partial charge on any atom is -0.494 e. The Hall–Kier alpha value is -3.79. The van der Waals surface area contributed by atoms with Crippen molar-refractivity contribution in [2.45, 2.75) is 38.4 Å². The zero-order valence-corrected chi connectivity index (χ0v) is 20.8. The number of nitrogens with zero attached hydrogens (tertiary/aromatic N) is 3. The average Bonchev–Trinajstić information content (AvgIpc) is 2.79. The predicted octanol–water partition coefficient (Wildman–Crippen LogP) is 1.85. The van der Waals surface area contributed by atoms with E-state index >= 15 is 0 Å². The highest BCUT2D eigenvalue weighted by atomic mass is 32.2. The van der Waals surface area contributed by atoms with Crippen LogP contribution in [0.3, 0.4) is 0 Å². The molecule has 37 heavy (non-hydrogen) atoms. The van der Waals surface area contributed by atoms with E-state index in [9.17, 15) is 41.1 Å². The Morgan fingerprint density at radius 2 is 1.57 bits per heavy atom. The van der Waals surface area contributed by atoms with Crippen LogP contribution in [0.4, 0.5) is 24.5 Å². The molecule has 1 heterocycles. The summed E-state index contributed by atoms with van der Waals surface area (Å²) in [6.07, 6.45) is -5.05. The van der Waals surface area contributed by atoms with Crippen molar-refractivity contribution in [1.29, 1.82) is 0 Å². The molecule has 1 aromatic carbocycles. The number of sulfonamides is 1. The summed E-state index contributed by atoms with van der Waals surface area (Å²) in [5, 5.41) is 22.1. The van der Waals surface area contributed by atoms with E-state index in [1.54, 1.807) is 0 Å². The molecule has 0 aliphatic carbocycles. The molecular weight excluding hydrogens is 521 g/mol. The first-order chi connectivity index (χ1) is 17.1. The number of pyridine rings is 1. The zero-order valence-electron chi connectivity index (χ0n) is 20.0. The molecule has 2 aromatic rings. The van der Waals surface area contributed by atoms with E-state index in [2.05, 4.69) is 25.6 Å². The molecule has 0 aliphatic heterocycles. The van der Waals surface area contributed by atoms with Gasteiger partial charge in [0.15, 0.2) is 11.6 Å². The summed E-state index contributed by atoms with van der Waals surface area (Å²) in [6.45, 7) is 2.98. The zero-order chi connectivity index (χ0) is 28.0.